The predicted octanol–water partition coefficient (Wildman–Crippen LogP) is 1.88. The molecule has 2 atom stereocenters. The molecule has 1 N–H and O–H groups in total. The molecule has 1 aromatic heterocycles. The molecule has 0 spiro atoms. The average Bonchev–Trinajstić information content (AvgIpc) is 2.86. The second-order valence-electron chi connectivity index (χ2n) is 6.27. The highest BCUT2D eigenvalue weighted by Gasteiger charge is 2.31. The second-order valence-corrected chi connectivity index (χ2v) is 7.18. The molecule has 3 rings (SSSR count). The molecule has 1 aromatic rings. The summed E-state index contributed by atoms with van der Waals surface area (Å²) in [5.74, 6) is 1.62. The highest BCUT2D eigenvalue weighted by molar-refractivity contribution is 9.10. The van der Waals surface area contributed by atoms with Crippen LogP contribution in [0.2, 0.25) is 0 Å². The quantitative estimate of drug-likeness (QED) is 0.837. The molecule has 7 heteroatoms. The van der Waals surface area contributed by atoms with E-state index in [2.05, 4.69) is 21.2 Å². The summed E-state index contributed by atoms with van der Waals surface area (Å²) >= 11 is 3.36. The van der Waals surface area contributed by atoms with Gasteiger partial charge in [0, 0.05) is 42.8 Å². The minimum absolute atomic E-state index is 0. The first-order chi connectivity index (χ1) is 10.6. The molecule has 5 nitrogen and oxygen atoms in total. The van der Waals surface area contributed by atoms with Crippen molar-refractivity contribution in [3.63, 3.8) is 0 Å². The zero-order chi connectivity index (χ0) is 15.5. The Morgan fingerprint density at radius 2 is 1.87 bits per heavy atom. The molecule has 0 aromatic carbocycles. The number of amides is 1. The number of hydrogen-bond donors (Lipinski definition) is 1. The SMILES string of the molecule is Cl.O=C(CCn1cc(Br)ccc1=O)N1CC[C@@H]2CNC[C@@H]2CC1. The maximum atomic E-state index is 12.4. The fourth-order valence-electron chi connectivity index (χ4n) is 3.52. The maximum Gasteiger partial charge on any atom is 0.250 e. The van der Waals surface area contributed by atoms with E-state index in [1.165, 1.54) is 6.07 Å². The molecule has 0 saturated carbocycles. The normalized spacial score (nSPS) is 23.8. The van der Waals surface area contributed by atoms with E-state index in [0.29, 0.717) is 13.0 Å². The van der Waals surface area contributed by atoms with Crippen LogP contribution in [0.5, 0.6) is 0 Å². The molecule has 0 aliphatic carbocycles. The van der Waals surface area contributed by atoms with E-state index in [4.69, 9.17) is 0 Å². The highest BCUT2D eigenvalue weighted by atomic mass is 79.9. The molecule has 1 amide bonds. The van der Waals surface area contributed by atoms with Gasteiger partial charge in [0.25, 0.3) is 5.56 Å². The van der Waals surface area contributed by atoms with E-state index >= 15 is 0 Å². The van der Waals surface area contributed by atoms with Gasteiger partial charge in [0.05, 0.1) is 0 Å². The Labute approximate surface area is 151 Å². The topological polar surface area (TPSA) is 54.3 Å². The summed E-state index contributed by atoms with van der Waals surface area (Å²) in [6, 6.07) is 3.25. The zero-order valence-electron chi connectivity index (χ0n) is 13.0. The molecule has 128 valence electrons. The first kappa shape index (κ1) is 18.5. The summed E-state index contributed by atoms with van der Waals surface area (Å²) in [6.45, 7) is 4.35. The van der Waals surface area contributed by atoms with Gasteiger partial charge < -0.3 is 14.8 Å². The Hall–Kier alpha value is -0.850. The van der Waals surface area contributed by atoms with Gasteiger partial charge in [0.1, 0.15) is 0 Å². The number of rotatable bonds is 3. The molecule has 23 heavy (non-hydrogen) atoms. The lowest BCUT2D eigenvalue weighted by Crippen LogP contribution is -2.34. The third-order valence-corrected chi connectivity index (χ3v) is 5.36. The number of carbonyl (C=O) groups excluding carboxylic acids is 1. The summed E-state index contributed by atoms with van der Waals surface area (Å²) in [7, 11) is 0. The molecule has 0 radical (unpaired) electrons. The van der Waals surface area contributed by atoms with Crippen molar-refractivity contribution in [2.75, 3.05) is 26.2 Å². The molecule has 2 fully saturated rings. The van der Waals surface area contributed by atoms with E-state index in [1.54, 1.807) is 16.8 Å². The van der Waals surface area contributed by atoms with Crippen LogP contribution in [0.4, 0.5) is 0 Å². The fraction of sp³-hybridized carbons (Fsp3) is 0.625. The largest absolute Gasteiger partial charge is 0.343 e. The van der Waals surface area contributed by atoms with Gasteiger partial charge in [-0.15, -0.1) is 12.4 Å². The Morgan fingerprint density at radius 3 is 2.52 bits per heavy atom. The van der Waals surface area contributed by atoms with Crippen molar-refractivity contribution in [3.8, 4) is 0 Å². The lowest BCUT2D eigenvalue weighted by atomic mass is 9.92. The zero-order valence-corrected chi connectivity index (χ0v) is 15.4. The predicted molar refractivity (Wildman–Crippen MR) is 95.9 cm³/mol. The van der Waals surface area contributed by atoms with Crippen molar-refractivity contribution < 1.29 is 4.79 Å². The van der Waals surface area contributed by atoms with Crippen LogP contribution < -0.4 is 10.9 Å². The van der Waals surface area contributed by atoms with Gasteiger partial charge in [-0.2, -0.15) is 0 Å². The molecule has 2 saturated heterocycles. The molecule has 0 unspecified atom stereocenters. The molecular weight excluding hydrogens is 382 g/mol. The third-order valence-electron chi connectivity index (χ3n) is 4.89. The van der Waals surface area contributed by atoms with Crippen LogP contribution in [0.3, 0.4) is 0 Å². The number of halogens is 2. The van der Waals surface area contributed by atoms with Crippen molar-refractivity contribution in [1.82, 2.24) is 14.8 Å². The number of fused-ring (bicyclic) bond motifs is 1. The molecule has 2 aliphatic heterocycles. The summed E-state index contributed by atoms with van der Waals surface area (Å²) in [5.41, 5.74) is -0.0625. The summed E-state index contributed by atoms with van der Waals surface area (Å²) in [5, 5.41) is 3.45. The molecule has 0 bridgehead atoms. The van der Waals surface area contributed by atoms with E-state index in [1.807, 2.05) is 4.90 Å². The van der Waals surface area contributed by atoms with Crippen LogP contribution >= 0.6 is 28.3 Å². The van der Waals surface area contributed by atoms with Gasteiger partial charge in [-0.25, -0.2) is 0 Å². The highest BCUT2D eigenvalue weighted by Crippen LogP contribution is 2.27. The van der Waals surface area contributed by atoms with Crippen molar-refractivity contribution in [2.45, 2.75) is 25.8 Å². The maximum absolute atomic E-state index is 12.4. The second kappa shape index (κ2) is 8.31. The van der Waals surface area contributed by atoms with Crippen molar-refractivity contribution in [3.05, 3.63) is 33.2 Å². The van der Waals surface area contributed by atoms with Gasteiger partial charge in [-0.3, -0.25) is 9.59 Å². The Morgan fingerprint density at radius 1 is 1.22 bits per heavy atom. The number of pyridine rings is 1. The van der Waals surface area contributed by atoms with Gasteiger partial charge in [0.15, 0.2) is 0 Å². The van der Waals surface area contributed by atoms with Gasteiger partial charge in [0.2, 0.25) is 5.91 Å². The lowest BCUT2D eigenvalue weighted by molar-refractivity contribution is -0.131. The first-order valence-electron chi connectivity index (χ1n) is 7.98. The average molecular weight is 405 g/mol. The Bertz CT molecular complexity index is 593. The number of carbonyl (C=O) groups is 1. The lowest BCUT2D eigenvalue weighted by Gasteiger charge is -2.21. The smallest absolute Gasteiger partial charge is 0.250 e. The standard InChI is InChI=1S/C16H22BrN3O2.ClH/c17-14-1-2-15(21)20(11-14)8-5-16(22)19-6-3-12-9-18-10-13(12)4-7-19;/h1-2,11-13,18H,3-10H2;1H/t12-,13+;. The summed E-state index contributed by atoms with van der Waals surface area (Å²) in [6.07, 6.45) is 4.33. The monoisotopic (exact) mass is 403 g/mol. The summed E-state index contributed by atoms with van der Waals surface area (Å²) in [4.78, 5) is 26.2. The van der Waals surface area contributed by atoms with Gasteiger partial charge in [-0.1, -0.05) is 0 Å². The number of nitrogens with one attached hydrogen (secondary N) is 1. The minimum Gasteiger partial charge on any atom is -0.343 e. The number of aryl methyl sites for hydroxylation is 1. The number of hydrogen-bond acceptors (Lipinski definition) is 3. The molecule has 3 heterocycles. The van der Waals surface area contributed by atoms with Crippen molar-refractivity contribution in [1.29, 1.82) is 0 Å². The Kier molecular flexibility index (Phi) is 6.68. The summed E-state index contributed by atoms with van der Waals surface area (Å²) < 4.78 is 2.45. The first-order valence-corrected chi connectivity index (χ1v) is 8.77. The van der Waals surface area contributed by atoms with E-state index in [-0.39, 0.29) is 23.9 Å². The van der Waals surface area contributed by atoms with Crippen LogP contribution in [0, 0.1) is 11.8 Å². The molecular formula is C16H23BrClN3O2. The Balaban J connectivity index is 0.00000192. The third kappa shape index (κ3) is 4.58. The minimum atomic E-state index is -0.0625. The van der Waals surface area contributed by atoms with Crippen LogP contribution in [-0.2, 0) is 11.3 Å². The van der Waals surface area contributed by atoms with Crippen LogP contribution in [-0.4, -0.2) is 41.6 Å². The van der Waals surface area contributed by atoms with E-state index in [9.17, 15) is 9.59 Å². The van der Waals surface area contributed by atoms with Crippen molar-refractivity contribution in [2.24, 2.45) is 11.8 Å². The van der Waals surface area contributed by atoms with Gasteiger partial charge in [-0.05, 0) is 59.8 Å². The van der Waals surface area contributed by atoms with E-state index < -0.39 is 0 Å². The fourth-order valence-corrected chi connectivity index (χ4v) is 3.90. The van der Waals surface area contributed by atoms with Crippen LogP contribution in [0.25, 0.3) is 0 Å². The number of nitrogens with zero attached hydrogens (tertiary/aromatic N) is 2. The van der Waals surface area contributed by atoms with Crippen LogP contribution in [0.1, 0.15) is 19.3 Å². The van der Waals surface area contributed by atoms with Gasteiger partial charge >= 0.3 is 0 Å². The number of aromatic nitrogens is 1. The van der Waals surface area contributed by atoms with E-state index in [0.717, 1.165) is 55.3 Å². The number of likely N-dealkylation sites (tertiary alicyclic amines) is 1. The van der Waals surface area contributed by atoms with Crippen LogP contribution in [0.15, 0.2) is 27.6 Å². The van der Waals surface area contributed by atoms with Crippen molar-refractivity contribution >= 4 is 34.2 Å². The molecule has 2 aliphatic rings.